The number of halogens is 1. The SMILES string of the molecule is O=C(Nc1cc2c(cc1N1CCOCC1)C(=O)N(C[C@@H](F)C1CCN(CC3CNC3)CC1)C2)c1cnn2cccnc12. The summed E-state index contributed by atoms with van der Waals surface area (Å²) in [6, 6.07) is 5.48. The van der Waals surface area contributed by atoms with Crippen molar-refractivity contribution in [2.75, 3.05) is 75.8 Å². The molecule has 6 heterocycles. The van der Waals surface area contributed by atoms with Crippen LogP contribution in [-0.2, 0) is 11.3 Å². The minimum Gasteiger partial charge on any atom is -0.378 e. The molecule has 0 radical (unpaired) electrons. The van der Waals surface area contributed by atoms with E-state index in [4.69, 9.17) is 4.74 Å². The lowest BCUT2D eigenvalue weighted by Gasteiger charge is -2.38. The molecule has 42 heavy (non-hydrogen) atoms. The van der Waals surface area contributed by atoms with E-state index >= 15 is 4.39 Å². The third-order valence-electron chi connectivity index (χ3n) is 9.15. The zero-order valence-corrected chi connectivity index (χ0v) is 23.7. The van der Waals surface area contributed by atoms with E-state index in [0.717, 1.165) is 62.7 Å². The number of carbonyl (C=O) groups excluding carboxylic acids is 2. The minimum atomic E-state index is -1.06. The Morgan fingerprint density at radius 1 is 1.17 bits per heavy atom. The summed E-state index contributed by atoms with van der Waals surface area (Å²) in [6.07, 6.45) is 5.45. The first-order valence-corrected chi connectivity index (χ1v) is 15.0. The van der Waals surface area contributed by atoms with Gasteiger partial charge in [-0.25, -0.2) is 13.9 Å². The number of carbonyl (C=O) groups is 2. The van der Waals surface area contributed by atoms with Gasteiger partial charge in [0.05, 0.1) is 37.3 Å². The van der Waals surface area contributed by atoms with Crippen molar-refractivity contribution in [1.29, 1.82) is 0 Å². The third kappa shape index (κ3) is 5.34. The Morgan fingerprint density at radius 2 is 1.98 bits per heavy atom. The number of hydrogen-bond acceptors (Lipinski definition) is 8. The van der Waals surface area contributed by atoms with Crippen LogP contribution in [-0.4, -0.2) is 108 Å². The van der Waals surface area contributed by atoms with Crippen LogP contribution < -0.4 is 15.5 Å². The molecule has 2 N–H and O–H groups in total. The van der Waals surface area contributed by atoms with Gasteiger partial charge >= 0.3 is 0 Å². The van der Waals surface area contributed by atoms with Crippen LogP contribution in [0.2, 0.25) is 0 Å². The highest BCUT2D eigenvalue weighted by molar-refractivity contribution is 6.10. The number of likely N-dealkylation sites (tertiary alicyclic amines) is 1. The van der Waals surface area contributed by atoms with Crippen LogP contribution in [0.1, 0.15) is 39.1 Å². The van der Waals surface area contributed by atoms with Crippen molar-refractivity contribution in [2.24, 2.45) is 11.8 Å². The van der Waals surface area contributed by atoms with Crippen molar-refractivity contribution < 1.29 is 18.7 Å². The Kier molecular flexibility index (Phi) is 7.51. The van der Waals surface area contributed by atoms with Crippen LogP contribution in [0.15, 0.2) is 36.8 Å². The summed E-state index contributed by atoms with van der Waals surface area (Å²) < 4.78 is 22.7. The van der Waals surface area contributed by atoms with Crippen molar-refractivity contribution in [2.45, 2.75) is 25.6 Å². The highest BCUT2D eigenvalue weighted by Crippen LogP contribution is 2.36. The second-order valence-corrected chi connectivity index (χ2v) is 11.9. The number of hydrogen-bond donors (Lipinski definition) is 2. The molecule has 0 aliphatic carbocycles. The number of nitrogens with one attached hydrogen (secondary N) is 2. The summed E-state index contributed by atoms with van der Waals surface area (Å²) in [7, 11) is 0. The smallest absolute Gasteiger partial charge is 0.261 e. The molecule has 7 rings (SSSR count). The Hall–Kier alpha value is -3.61. The van der Waals surface area contributed by atoms with Crippen LogP contribution in [0.25, 0.3) is 5.65 Å². The molecule has 0 saturated carbocycles. The van der Waals surface area contributed by atoms with Gasteiger partial charge in [0.1, 0.15) is 11.7 Å². The Balaban J connectivity index is 1.07. The van der Waals surface area contributed by atoms with E-state index in [1.54, 1.807) is 27.9 Å². The van der Waals surface area contributed by atoms with Gasteiger partial charge in [0.2, 0.25) is 0 Å². The maximum atomic E-state index is 15.6. The molecule has 3 aromatic rings. The topological polar surface area (TPSA) is 107 Å². The quantitative estimate of drug-likeness (QED) is 0.420. The van der Waals surface area contributed by atoms with Crippen molar-refractivity contribution in [3.8, 4) is 0 Å². The van der Waals surface area contributed by atoms with E-state index in [9.17, 15) is 9.59 Å². The standard InChI is InChI=1S/C30H37FN8O3/c31-25(21-2-6-36(7-3-21)17-20-14-32-15-20)19-38-18-22-12-26(27(13-23(22)30(38)41)37-8-10-42-11-9-37)35-29(40)24-16-34-39-5-1-4-33-28(24)39/h1,4-5,12-13,16,20-21,25,32H,2-3,6-11,14-15,17-19H2,(H,35,40)/t25-/m1/s1. The second kappa shape index (κ2) is 11.6. The molecular formula is C30H37FN8O3. The summed E-state index contributed by atoms with van der Waals surface area (Å²) in [5.74, 6) is 0.206. The number of benzene rings is 1. The number of fused-ring (bicyclic) bond motifs is 2. The molecule has 12 heteroatoms. The van der Waals surface area contributed by atoms with Gasteiger partial charge < -0.3 is 30.1 Å². The van der Waals surface area contributed by atoms with E-state index in [-0.39, 0.29) is 24.3 Å². The normalized spacial score (nSPS) is 21.0. The summed E-state index contributed by atoms with van der Waals surface area (Å²) >= 11 is 0. The Labute approximate surface area is 244 Å². The fraction of sp³-hybridized carbons (Fsp3) is 0.533. The summed E-state index contributed by atoms with van der Waals surface area (Å²) in [5.41, 5.74) is 3.56. The van der Waals surface area contributed by atoms with Gasteiger partial charge in [-0.1, -0.05) is 0 Å². The Morgan fingerprint density at radius 3 is 2.74 bits per heavy atom. The van der Waals surface area contributed by atoms with Gasteiger partial charge in [-0.3, -0.25) is 9.59 Å². The van der Waals surface area contributed by atoms with Crippen LogP contribution >= 0.6 is 0 Å². The highest BCUT2D eigenvalue weighted by Gasteiger charge is 2.35. The van der Waals surface area contributed by atoms with Gasteiger partial charge in [-0.05, 0) is 61.5 Å². The number of nitrogens with zero attached hydrogens (tertiary/aromatic N) is 6. The predicted molar refractivity (Wildman–Crippen MR) is 156 cm³/mol. The third-order valence-corrected chi connectivity index (χ3v) is 9.15. The van der Waals surface area contributed by atoms with E-state index < -0.39 is 6.17 Å². The molecule has 2 aromatic heterocycles. The van der Waals surface area contributed by atoms with Crippen LogP contribution in [0.5, 0.6) is 0 Å². The molecule has 4 aliphatic heterocycles. The molecule has 11 nitrogen and oxygen atoms in total. The van der Waals surface area contributed by atoms with Crippen molar-refractivity contribution in [1.82, 2.24) is 29.7 Å². The molecule has 2 amide bonds. The van der Waals surface area contributed by atoms with E-state index in [0.29, 0.717) is 55.3 Å². The first-order valence-electron chi connectivity index (χ1n) is 15.0. The molecule has 222 valence electrons. The lowest BCUT2D eigenvalue weighted by atomic mass is 9.90. The number of rotatable bonds is 8. The van der Waals surface area contributed by atoms with Crippen LogP contribution in [0.3, 0.4) is 0 Å². The molecule has 3 saturated heterocycles. The van der Waals surface area contributed by atoms with Crippen molar-refractivity contribution >= 4 is 28.8 Å². The van der Waals surface area contributed by atoms with E-state index in [1.807, 2.05) is 12.1 Å². The summed E-state index contributed by atoms with van der Waals surface area (Å²) in [6.45, 7) is 7.91. The van der Waals surface area contributed by atoms with Gasteiger partial charge in [0.25, 0.3) is 11.8 Å². The zero-order chi connectivity index (χ0) is 28.6. The molecule has 0 spiro atoms. The number of anilines is 2. The number of amides is 2. The predicted octanol–water partition coefficient (Wildman–Crippen LogP) is 2.04. The molecule has 4 aliphatic rings. The second-order valence-electron chi connectivity index (χ2n) is 11.9. The number of alkyl halides is 1. The van der Waals surface area contributed by atoms with Gasteiger partial charge in [-0.15, -0.1) is 0 Å². The lowest BCUT2D eigenvalue weighted by molar-refractivity contribution is 0.0592. The fourth-order valence-corrected chi connectivity index (χ4v) is 6.60. The van der Waals surface area contributed by atoms with Crippen LogP contribution in [0, 0.1) is 11.8 Å². The molecule has 1 aromatic carbocycles. The number of piperidine rings is 1. The maximum absolute atomic E-state index is 15.6. The number of morpholine rings is 1. The summed E-state index contributed by atoms with van der Waals surface area (Å²) in [4.78, 5) is 37.4. The molecule has 1 atom stereocenters. The first kappa shape index (κ1) is 27.2. The molecule has 3 fully saturated rings. The van der Waals surface area contributed by atoms with Gasteiger partial charge in [0, 0.05) is 57.2 Å². The summed E-state index contributed by atoms with van der Waals surface area (Å²) in [5, 5.41) is 10.6. The zero-order valence-electron chi connectivity index (χ0n) is 23.7. The van der Waals surface area contributed by atoms with E-state index in [2.05, 4.69) is 30.5 Å². The number of aromatic nitrogens is 3. The average Bonchev–Trinajstić information content (AvgIpc) is 3.56. The van der Waals surface area contributed by atoms with Gasteiger partial charge in [0.15, 0.2) is 5.65 Å². The van der Waals surface area contributed by atoms with Crippen molar-refractivity contribution in [3.63, 3.8) is 0 Å². The molecular weight excluding hydrogens is 539 g/mol. The number of ether oxygens (including phenoxy) is 1. The highest BCUT2D eigenvalue weighted by atomic mass is 19.1. The average molecular weight is 577 g/mol. The minimum absolute atomic E-state index is 0.0319. The Bertz CT molecular complexity index is 1460. The monoisotopic (exact) mass is 576 g/mol. The van der Waals surface area contributed by atoms with E-state index in [1.165, 1.54) is 6.20 Å². The lowest BCUT2D eigenvalue weighted by Crippen LogP contribution is -2.50. The fourth-order valence-electron chi connectivity index (χ4n) is 6.60. The molecule has 0 unspecified atom stereocenters. The first-order chi connectivity index (χ1) is 20.5. The van der Waals surface area contributed by atoms with Gasteiger partial charge in [-0.2, -0.15) is 5.10 Å². The van der Waals surface area contributed by atoms with Crippen LogP contribution in [0.4, 0.5) is 15.8 Å². The molecule has 0 bridgehead atoms. The maximum Gasteiger partial charge on any atom is 0.261 e. The van der Waals surface area contributed by atoms with Crippen molar-refractivity contribution in [3.05, 3.63) is 53.5 Å². The largest absolute Gasteiger partial charge is 0.378 e.